The zero-order chi connectivity index (χ0) is 13.8. The van der Waals surface area contributed by atoms with Crippen molar-refractivity contribution in [3.8, 4) is 0 Å². The first-order valence-electron chi connectivity index (χ1n) is 5.48. The quantitative estimate of drug-likeness (QED) is 0.679. The third-order valence-electron chi connectivity index (χ3n) is 2.55. The second-order valence-corrected chi connectivity index (χ2v) is 3.90. The molecule has 2 rings (SSSR count). The molecule has 1 N–H and O–H groups in total. The molecule has 0 unspecified atom stereocenters. The summed E-state index contributed by atoms with van der Waals surface area (Å²) >= 11 is 0. The number of rotatable bonds is 4. The van der Waals surface area contributed by atoms with E-state index in [2.05, 4.69) is 5.32 Å². The van der Waals surface area contributed by atoms with Gasteiger partial charge in [-0.05, 0) is 23.8 Å². The highest BCUT2D eigenvalue weighted by Crippen LogP contribution is 2.21. The van der Waals surface area contributed by atoms with Crippen molar-refractivity contribution in [3.05, 3.63) is 69.8 Å². The van der Waals surface area contributed by atoms with Gasteiger partial charge in [-0.2, -0.15) is 4.39 Å². The van der Waals surface area contributed by atoms with E-state index in [4.69, 9.17) is 0 Å². The molecule has 0 aliphatic rings. The summed E-state index contributed by atoms with van der Waals surface area (Å²) in [6, 6.07) is 9.43. The normalized spacial score (nSPS) is 10.2. The number of nitro benzene ring substituents is 1. The SMILES string of the molecule is O=[N+]([O-])c1ccc(NCc2ccc(F)cc2)cc1F. The molecule has 2 aromatic rings. The van der Waals surface area contributed by atoms with Crippen LogP contribution in [0.1, 0.15) is 5.56 Å². The zero-order valence-corrected chi connectivity index (χ0v) is 9.77. The van der Waals surface area contributed by atoms with Crippen molar-refractivity contribution < 1.29 is 13.7 Å². The Morgan fingerprint density at radius 1 is 1.11 bits per heavy atom. The molecule has 0 radical (unpaired) electrons. The average molecular weight is 264 g/mol. The van der Waals surface area contributed by atoms with Crippen LogP contribution in [-0.2, 0) is 6.54 Å². The van der Waals surface area contributed by atoms with E-state index >= 15 is 0 Å². The van der Waals surface area contributed by atoms with Gasteiger partial charge in [0.2, 0.25) is 5.82 Å². The largest absolute Gasteiger partial charge is 0.381 e. The van der Waals surface area contributed by atoms with Gasteiger partial charge in [0.25, 0.3) is 0 Å². The van der Waals surface area contributed by atoms with Crippen molar-refractivity contribution in [2.75, 3.05) is 5.32 Å². The van der Waals surface area contributed by atoms with Crippen LogP contribution in [-0.4, -0.2) is 4.92 Å². The number of nitrogens with one attached hydrogen (secondary N) is 1. The molecule has 6 heteroatoms. The smallest absolute Gasteiger partial charge is 0.304 e. The van der Waals surface area contributed by atoms with Crippen molar-refractivity contribution in [2.45, 2.75) is 6.54 Å². The van der Waals surface area contributed by atoms with Gasteiger partial charge < -0.3 is 5.32 Å². The summed E-state index contributed by atoms with van der Waals surface area (Å²) in [5.41, 5.74) is 0.680. The molecule has 0 saturated carbocycles. The minimum Gasteiger partial charge on any atom is -0.381 e. The molecular formula is C13H10F2N2O2. The first-order valence-corrected chi connectivity index (χ1v) is 5.48. The number of hydrogen-bond donors (Lipinski definition) is 1. The lowest BCUT2D eigenvalue weighted by Crippen LogP contribution is -2.01. The zero-order valence-electron chi connectivity index (χ0n) is 9.77. The van der Waals surface area contributed by atoms with E-state index in [0.717, 1.165) is 17.7 Å². The number of benzene rings is 2. The van der Waals surface area contributed by atoms with E-state index in [1.54, 1.807) is 12.1 Å². The van der Waals surface area contributed by atoms with E-state index < -0.39 is 16.4 Å². The van der Waals surface area contributed by atoms with Gasteiger partial charge in [-0.3, -0.25) is 10.1 Å². The van der Waals surface area contributed by atoms with E-state index in [1.165, 1.54) is 18.2 Å². The van der Waals surface area contributed by atoms with Gasteiger partial charge in [0.15, 0.2) is 0 Å². The fraction of sp³-hybridized carbons (Fsp3) is 0.0769. The Balaban J connectivity index is 2.06. The predicted molar refractivity (Wildman–Crippen MR) is 66.8 cm³/mol. The van der Waals surface area contributed by atoms with Gasteiger partial charge in [-0.1, -0.05) is 12.1 Å². The Kier molecular flexibility index (Phi) is 3.70. The fourth-order valence-corrected chi connectivity index (χ4v) is 1.57. The Bertz CT molecular complexity index is 600. The first kappa shape index (κ1) is 12.9. The molecule has 0 heterocycles. The molecule has 2 aromatic carbocycles. The Hall–Kier alpha value is -2.50. The van der Waals surface area contributed by atoms with Crippen molar-refractivity contribution in [1.29, 1.82) is 0 Å². The van der Waals surface area contributed by atoms with Gasteiger partial charge in [-0.15, -0.1) is 0 Å². The van der Waals surface area contributed by atoms with Crippen LogP contribution in [0.3, 0.4) is 0 Å². The highest BCUT2D eigenvalue weighted by atomic mass is 19.1. The second-order valence-electron chi connectivity index (χ2n) is 3.90. The summed E-state index contributed by atoms with van der Waals surface area (Å²) in [7, 11) is 0. The summed E-state index contributed by atoms with van der Waals surface area (Å²) in [6.45, 7) is 0.373. The van der Waals surface area contributed by atoms with Crippen LogP contribution >= 0.6 is 0 Å². The number of nitro groups is 1. The Morgan fingerprint density at radius 2 is 1.79 bits per heavy atom. The topological polar surface area (TPSA) is 55.2 Å². The highest BCUT2D eigenvalue weighted by Gasteiger charge is 2.13. The maximum atomic E-state index is 13.3. The van der Waals surface area contributed by atoms with E-state index in [9.17, 15) is 18.9 Å². The van der Waals surface area contributed by atoms with Gasteiger partial charge in [-0.25, -0.2) is 4.39 Å². The summed E-state index contributed by atoms with van der Waals surface area (Å²) < 4.78 is 26.0. The molecule has 4 nitrogen and oxygen atoms in total. The number of hydrogen-bond acceptors (Lipinski definition) is 3. The fourth-order valence-electron chi connectivity index (χ4n) is 1.57. The van der Waals surface area contributed by atoms with Gasteiger partial charge in [0.05, 0.1) is 4.92 Å². The van der Waals surface area contributed by atoms with Gasteiger partial charge >= 0.3 is 5.69 Å². The number of anilines is 1. The van der Waals surface area contributed by atoms with Crippen LogP contribution in [0.15, 0.2) is 42.5 Å². The van der Waals surface area contributed by atoms with Crippen LogP contribution < -0.4 is 5.32 Å². The molecule has 0 fully saturated rings. The lowest BCUT2D eigenvalue weighted by molar-refractivity contribution is -0.387. The Labute approximate surface area is 107 Å². The predicted octanol–water partition coefficient (Wildman–Crippen LogP) is 3.49. The first-order chi connectivity index (χ1) is 9.06. The second kappa shape index (κ2) is 5.43. The van der Waals surface area contributed by atoms with E-state index in [-0.39, 0.29) is 5.82 Å². The van der Waals surface area contributed by atoms with E-state index in [0.29, 0.717) is 12.2 Å². The van der Waals surface area contributed by atoms with Crippen molar-refractivity contribution in [1.82, 2.24) is 0 Å². The van der Waals surface area contributed by atoms with Crippen LogP contribution in [0.4, 0.5) is 20.2 Å². The molecule has 0 spiro atoms. The third kappa shape index (κ3) is 3.25. The lowest BCUT2D eigenvalue weighted by Gasteiger charge is -2.06. The van der Waals surface area contributed by atoms with Crippen LogP contribution in [0.25, 0.3) is 0 Å². The van der Waals surface area contributed by atoms with Crippen molar-refractivity contribution in [2.24, 2.45) is 0 Å². The minimum atomic E-state index is -0.894. The molecule has 0 amide bonds. The van der Waals surface area contributed by atoms with Crippen molar-refractivity contribution >= 4 is 11.4 Å². The molecule has 0 bridgehead atoms. The summed E-state index contributed by atoms with van der Waals surface area (Å²) in [4.78, 5) is 9.68. The lowest BCUT2D eigenvalue weighted by atomic mass is 10.2. The molecule has 0 saturated heterocycles. The maximum Gasteiger partial charge on any atom is 0.304 e. The summed E-state index contributed by atoms with van der Waals surface area (Å²) in [5.74, 6) is -1.22. The third-order valence-corrected chi connectivity index (χ3v) is 2.55. The molecule has 0 atom stereocenters. The maximum absolute atomic E-state index is 13.3. The van der Waals surface area contributed by atoms with Crippen LogP contribution in [0, 0.1) is 21.7 Å². The number of halogens is 2. The molecule has 0 aliphatic heterocycles. The molecular weight excluding hydrogens is 254 g/mol. The molecule has 0 aromatic heterocycles. The van der Waals surface area contributed by atoms with Crippen LogP contribution in [0.5, 0.6) is 0 Å². The van der Waals surface area contributed by atoms with E-state index in [1.807, 2.05) is 0 Å². The van der Waals surface area contributed by atoms with Crippen molar-refractivity contribution in [3.63, 3.8) is 0 Å². The summed E-state index contributed by atoms with van der Waals surface area (Å²) in [5, 5.41) is 13.4. The average Bonchev–Trinajstić information content (AvgIpc) is 2.37. The van der Waals surface area contributed by atoms with Gasteiger partial charge in [0, 0.05) is 24.4 Å². The van der Waals surface area contributed by atoms with Gasteiger partial charge in [0.1, 0.15) is 5.82 Å². The summed E-state index contributed by atoms with van der Waals surface area (Å²) in [6.07, 6.45) is 0. The standard InChI is InChI=1S/C13H10F2N2O2/c14-10-3-1-9(2-4-10)8-16-11-5-6-13(17(18)19)12(15)7-11/h1-7,16H,8H2. The highest BCUT2D eigenvalue weighted by molar-refractivity contribution is 5.49. The monoisotopic (exact) mass is 264 g/mol. The minimum absolute atomic E-state index is 0.329. The molecule has 19 heavy (non-hydrogen) atoms. The number of nitrogens with zero attached hydrogens (tertiary/aromatic N) is 1. The van der Waals surface area contributed by atoms with Crippen LogP contribution in [0.2, 0.25) is 0 Å². The Morgan fingerprint density at radius 3 is 2.37 bits per heavy atom. The molecule has 98 valence electrons. The molecule has 0 aliphatic carbocycles.